The molecule has 0 aromatic heterocycles. The quantitative estimate of drug-likeness (QED) is 0.880. The van der Waals surface area contributed by atoms with Crippen molar-refractivity contribution in [1.82, 2.24) is 0 Å². The summed E-state index contributed by atoms with van der Waals surface area (Å²) in [5.41, 5.74) is 7.42. The van der Waals surface area contributed by atoms with Crippen LogP contribution in [0.3, 0.4) is 0 Å². The molecule has 17 heavy (non-hydrogen) atoms. The lowest BCUT2D eigenvalue weighted by molar-refractivity contribution is 0.391. The van der Waals surface area contributed by atoms with Crippen LogP contribution in [0, 0.1) is 0 Å². The number of hydrogen-bond donors (Lipinski definition) is 1. The van der Waals surface area contributed by atoms with Crippen molar-refractivity contribution >= 4 is 17.7 Å². The first kappa shape index (κ1) is 13.9. The first-order chi connectivity index (χ1) is 8.19. The van der Waals surface area contributed by atoms with E-state index >= 15 is 0 Å². The summed E-state index contributed by atoms with van der Waals surface area (Å²) in [6, 6.07) is 2.01. The van der Waals surface area contributed by atoms with Crippen LogP contribution in [0.1, 0.15) is 18.1 Å². The van der Waals surface area contributed by atoms with Crippen molar-refractivity contribution < 1.29 is 9.47 Å². The Kier molecular flexibility index (Phi) is 5.32. The van der Waals surface area contributed by atoms with Crippen LogP contribution in [0.5, 0.6) is 11.5 Å². The van der Waals surface area contributed by atoms with E-state index in [2.05, 4.69) is 6.92 Å². The Balaban J connectivity index is 3.39. The summed E-state index contributed by atoms with van der Waals surface area (Å²) in [5, 5.41) is 0.506. The first-order valence-electron chi connectivity index (χ1n) is 5.49. The molecule has 0 heterocycles. The van der Waals surface area contributed by atoms with Gasteiger partial charge in [0.2, 0.25) is 0 Å². The van der Waals surface area contributed by atoms with Crippen molar-refractivity contribution in [1.29, 1.82) is 0 Å². The van der Waals surface area contributed by atoms with Gasteiger partial charge in [-0.05, 0) is 18.1 Å². The normalized spacial score (nSPS) is 10.9. The lowest BCUT2D eigenvalue weighted by Gasteiger charge is -2.15. The van der Waals surface area contributed by atoms with Crippen LogP contribution < -0.4 is 15.2 Å². The fraction of sp³-hybridized carbons (Fsp3) is 0.385. The molecule has 0 atom stereocenters. The standard InChI is InChI=1S/C13H18ClNO2/c1-4-9-8-10(6-5-7-15)13(17-3)11(14)12(9)16-2/h5-6,8H,4,7,15H2,1-3H3/b6-5+. The van der Waals surface area contributed by atoms with Gasteiger partial charge in [-0.25, -0.2) is 0 Å². The fourth-order valence-corrected chi connectivity index (χ4v) is 2.08. The number of nitrogens with two attached hydrogens (primary N) is 1. The van der Waals surface area contributed by atoms with E-state index in [1.165, 1.54) is 0 Å². The number of rotatable bonds is 5. The number of aryl methyl sites for hydroxylation is 1. The van der Waals surface area contributed by atoms with E-state index in [4.69, 9.17) is 26.8 Å². The van der Waals surface area contributed by atoms with Crippen LogP contribution in [0.4, 0.5) is 0 Å². The predicted octanol–water partition coefficient (Wildman–Crippen LogP) is 2.89. The fourth-order valence-electron chi connectivity index (χ4n) is 1.70. The Morgan fingerprint density at radius 1 is 1.29 bits per heavy atom. The van der Waals surface area contributed by atoms with Crippen molar-refractivity contribution in [3.63, 3.8) is 0 Å². The zero-order chi connectivity index (χ0) is 12.8. The van der Waals surface area contributed by atoms with E-state index in [1.54, 1.807) is 14.2 Å². The molecule has 0 radical (unpaired) electrons. The molecular formula is C13H18ClNO2. The second kappa shape index (κ2) is 6.52. The Morgan fingerprint density at radius 3 is 2.41 bits per heavy atom. The van der Waals surface area contributed by atoms with E-state index in [1.807, 2.05) is 18.2 Å². The summed E-state index contributed by atoms with van der Waals surface area (Å²) in [6.45, 7) is 2.53. The Morgan fingerprint density at radius 2 is 1.94 bits per heavy atom. The summed E-state index contributed by atoms with van der Waals surface area (Å²) in [4.78, 5) is 0. The van der Waals surface area contributed by atoms with E-state index < -0.39 is 0 Å². The zero-order valence-electron chi connectivity index (χ0n) is 10.4. The highest BCUT2D eigenvalue weighted by atomic mass is 35.5. The Bertz CT molecular complexity index is 416. The topological polar surface area (TPSA) is 44.5 Å². The van der Waals surface area contributed by atoms with Gasteiger partial charge in [0, 0.05) is 12.1 Å². The lowest BCUT2D eigenvalue weighted by atomic mass is 10.1. The van der Waals surface area contributed by atoms with Crippen molar-refractivity contribution in [3.8, 4) is 11.5 Å². The highest BCUT2D eigenvalue weighted by molar-refractivity contribution is 6.34. The van der Waals surface area contributed by atoms with Crippen LogP contribution >= 0.6 is 11.6 Å². The second-order valence-electron chi connectivity index (χ2n) is 3.50. The van der Waals surface area contributed by atoms with Gasteiger partial charge in [-0.3, -0.25) is 0 Å². The maximum atomic E-state index is 6.26. The molecule has 1 aromatic carbocycles. The number of benzene rings is 1. The average molecular weight is 256 g/mol. The Hall–Kier alpha value is -1.19. The minimum atomic E-state index is 0.480. The third-order valence-electron chi connectivity index (χ3n) is 2.50. The molecule has 0 aliphatic heterocycles. The number of methoxy groups -OCH3 is 2. The minimum Gasteiger partial charge on any atom is -0.495 e. The Labute approximate surface area is 107 Å². The van der Waals surface area contributed by atoms with Crippen molar-refractivity contribution in [3.05, 3.63) is 28.3 Å². The van der Waals surface area contributed by atoms with Gasteiger partial charge < -0.3 is 15.2 Å². The van der Waals surface area contributed by atoms with Gasteiger partial charge in [-0.1, -0.05) is 30.7 Å². The third kappa shape index (κ3) is 2.93. The summed E-state index contributed by atoms with van der Waals surface area (Å²) in [7, 11) is 3.20. The minimum absolute atomic E-state index is 0.480. The molecule has 0 aliphatic carbocycles. The summed E-state index contributed by atoms with van der Waals surface area (Å²) < 4.78 is 10.6. The van der Waals surface area contributed by atoms with E-state index in [-0.39, 0.29) is 0 Å². The molecule has 0 aliphatic rings. The number of hydrogen-bond acceptors (Lipinski definition) is 3. The smallest absolute Gasteiger partial charge is 0.148 e. The van der Waals surface area contributed by atoms with Crippen LogP contribution in [-0.2, 0) is 6.42 Å². The molecule has 2 N–H and O–H groups in total. The third-order valence-corrected chi connectivity index (χ3v) is 2.85. The zero-order valence-corrected chi connectivity index (χ0v) is 11.2. The van der Waals surface area contributed by atoms with Crippen molar-refractivity contribution in [2.24, 2.45) is 5.73 Å². The number of halogens is 1. The van der Waals surface area contributed by atoms with Gasteiger partial charge >= 0.3 is 0 Å². The molecule has 0 saturated carbocycles. The van der Waals surface area contributed by atoms with Gasteiger partial charge in [-0.15, -0.1) is 0 Å². The molecule has 1 aromatic rings. The molecular weight excluding hydrogens is 238 g/mol. The summed E-state index contributed by atoms with van der Waals surface area (Å²) in [6.07, 6.45) is 4.61. The molecule has 0 spiro atoms. The molecule has 3 nitrogen and oxygen atoms in total. The molecule has 94 valence electrons. The SMILES string of the molecule is CCc1cc(/C=C/CN)c(OC)c(Cl)c1OC. The van der Waals surface area contributed by atoms with Crippen molar-refractivity contribution in [2.45, 2.75) is 13.3 Å². The molecule has 1 rings (SSSR count). The van der Waals surface area contributed by atoms with Gasteiger partial charge in [0.05, 0.1) is 14.2 Å². The maximum absolute atomic E-state index is 6.26. The van der Waals surface area contributed by atoms with Gasteiger partial charge in [0.1, 0.15) is 16.5 Å². The average Bonchev–Trinajstić information content (AvgIpc) is 2.35. The van der Waals surface area contributed by atoms with Crippen LogP contribution in [0.2, 0.25) is 5.02 Å². The molecule has 0 saturated heterocycles. The van der Waals surface area contributed by atoms with Gasteiger partial charge in [0.15, 0.2) is 0 Å². The number of ether oxygens (including phenoxy) is 2. The summed E-state index contributed by atoms with van der Waals surface area (Å²) >= 11 is 6.26. The van der Waals surface area contributed by atoms with Gasteiger partial charge in [-0.2, -0.15) is 0 Å². The largest absolute Gasteiger partial charge is 0.495 e. The van der Waals surface area contributed by atoms with Crippen LogP contribution in [0.15, 0.2) is 12.1 Å². The molecule has 0 fully saturated rings. The predicted molar refractivity (Wildman–Crippen MR) is 72.0 cm³/mol. The highest BCUT2D eigenvalue weighted by Crippen LogP contribution is 2.40. The van der Waals surface area contributed by atoms with E-state index in [0.29, 0.717) is 23.1 Å². The molecule has 0 amide bonds. The van der Waals surface area contributed by atoms with E-state index in [0.717, 1.165) is 17.5 Å². The second-order valence-corrected chi connectivity index (χ2v) is 3.87. The lowest BCUT2D eigenvalue weighted by Crippen LogP contribution is -1.98. The molecule has 0 bridgehead atoms. The molecule has 4 heteroatoms. The van der Waals surface area contributed by atoms with E-state index in [9.17, 15) is 0 Å². The van der Waals surface area contributed by atoms with Gasteiger partial charge in [0.25, 0.3) is 0 Å². The molecule has 0 unspecified atom stereocenters. The van der Waals surface area contributed by atoms with Crippen molar-refractivity contribution in [2.75, 3.05) is 20.8 Å². The highest BCUT2D eigenvalue weighted by Gasteiger charge is 2.15. The van der Waals surface area contributed by atoms with Crippen LogP contribution in [-0.4, -0.2) is 20.8 Å². The maximum Gasteiger partial charge on any atom is 0.148 e. The van der Waals surface area contributed by atoms with Crippen LogP contribution in [0.25, 0.3) is 6.08 Å². The summed E-state index contributed by atoms with van der Waals surface area (Å²) in [5.74, 6) is 1.29. The monoisotopic (exact) mass is 255 g/mol. The first-order valence-corrected chi connectivity index (χ1v) is 5.87.